The Morgan fingerprint density at radius 1 is 1.29 bits per heavy atom. The number of nitrogens with zero attached hydrogens (tertiary/aromatic N) is 1. The van der Waals surface area contributed by atoms with Gasteiger partial charge in [0, 0.05) is 19.6 Å². The maximum atomic E-state index is 12.6. The Balaban J connectivity index is 2.13. The van der Waals surface area contributed by atoms with Crippen LogP contribution in [0.4, 0.5) is 0 Å². The van der Waals surface area contributed by atoms with Crippen molar-refractivity contribution in [1.29, 1.82) is 0 Å². The number of hydrogen-bond donors (Lipinski definition) is 1. The van der Waals surface area contributed by atoms with Crippen LogP contribution in [-0.2, 0) is 27.1 Å². The van der Waals surface area contributed by atoms with E-state index in [1.54, 1.807) is 0 Å². The second kappa shape index (κ2) is 6.04. The molecule has 1 atom stereocenters. The smallest absolute Gasteiger partial charge is 0.218 e. The topological polar surface area (TPSA) is 72.6 Å². The molecule has 6 heteroatoms. The predicted octanol–water partition coefficient (Wildman–Crippen LogP) is 1.47. The molecular formula is C15H24N2O3S. The van der Waals surface area contributed by atoms with Gasteiger partial charge in [-0.15, -0.1) is 0 Å². The summed E-state index contributed by atoms with van der Waals surface area (Å²) in [4.78, 5) is 0. The number of benzene rings is 1. The summed E-state index contributed by atoms with van der Waals surface area (Å²) in [6, 6.07) is 7.40. The van der Waals surface area contributed by atoms with Crippen LogP contribution in [0.2, 0.25) is 0 Å². The number of nitrogens with two attached hydrogens (primary N) is 1. The summed E-state index contributed by atoms with van der Waals surface area (Å²) in [6.07, 6.45) is -0.0943. The van der Waals surface area contributed by atoms with E-state index in [-0.39, 0.29) is 11.9 Å². The molecule has 1 aliphatic rings. The van der Waals surface area contributed by atoms with Crippen LogP contribution in [0.15, 0.2) is 24.3 Å². The molecule has 21 heavy (non-hydrogen) atoms. The first-order valence-corrected chi connectivity index (χ1v) is 8.76. The van der Waals surface area contributed by atoms with Gasteiger partial charge in [0.05, 0.1) is 17.5 Å². The summed E-state index contributed by atoms with van der Waals surface area (Å²) in [5.74, 6) is 0.0145. The van der Waals surface area contributed by atoms with E-state index in [0.717, 1.165) is 11.1 Å². The molecule has 0 spiro atoms. The first kappa shape index (κ1) is 16.4. The van der Waals surface area contributed by atoms with Gasteiger partial charge in [-0.1, -0.05) is 24.3 Å². The molecule has 0 aromatic heterocycles. The van der Waals surface area contributed by atoms with E-state index in [0.29, 0.717) is 19.6 Å². The Hall–Kier alpha value is -0.950. The van der Waals surface area contributed by atoms with Gasteiger partial charge in [-0.25, -0.2) is 8.42 Å². The maximum Gasteiger partial charge on any atom is 0.218 e. The third-order valence-electron chi connectivity index (χ3n) is 3.54. The molecule has 1 aromatic rings. The fraction of sp³-hybridized carbons (Fsp3) is 0.600. The standard InChI is InChI=1S/C15H24N2O3S/c1-12-9-17(11-15(2,3)20-12)21(18,19)10-14-6-4-13(8-16)5-7-14/h4-7,12H,8-11,16H2,1-3H3. The van der Waals surface area contributed by atoms with Crippen LogP contribution in [0.3, 0.4) is 0 Å². The van der Waals surface area contributed by atoms with E-state index in [4.69, 9.17) is 10.5 Å². The van der Waals surface area contributed by atoms with Crippen LogP contribution in [0.1, 0.15) is 31.9 Å². The lowest BCUT2D eigenvalue weighted by Crippen LogP contribution is -2.53. The molecule has 0 saturated carbocycles. The molecule has 0 aliphatic carbocycles. The molecule has 118 valence electrons. The van der Waals surface area contributed by atoms with Gasteiger partial charge in [-0.3, -0.25) is 0 Å². The second-order valence-electron chi connectivity index (χ2n) is 6.26. The normalized spacial score (nSPS) is 23.1. The molecule has 1 fully saturated rings. The van der Waals surface area contributed by atoms with Gasteiger partial charge in [0.2, 0.25) is 10.0 Å². The zero-order valence-electron chi connectivity index (χ0n) is 12.9. The number of sulfonamides is 1. The van der Waals surface area contributed by atoms with Crippen molar-refractivity contribution in [2.24, 2.45) is 5.73 Å². The van der Waals surface area contributed by atoms with E-state index in [9.17, 15) is 8.42 Å². The van der Waals surface area contributed by atoms with Gasteiger partial charge < -0.3 is 10.5 Å². The predicted molar refractivity (Wildman–Crippen MR) is 83.2 cm³/mol. The fourth-order valence-corrected chi connectivity index (χ4v) is 4.42. The van der Waals surface area contributed by atoms with Gasteiger partial charge in [-0.05, 0) is 31.9 Å². The Bertz CT molecular complexity index is 581. The lowest BCUT2D eigenvalue weighted by atomic mass is 10.1. The Labute approximate surface area is 127 Å². The number of rotatable bonds is 4. The molecule has 2 rings (SSSR count). The second-order valence-corrected chi connectivity index (χ2v) is 8.23. The lowest BCUT2D eigenvalue weighted by molar-refractivity contribution is -0.109. The average Bonchev–Trinajstić information content (AvgIpc) is 2.37. The SMILES string of the molecule is CC1CN(S(=O)(=O)Cc2ccc(CN)cc2)CC(C)(C)O1. The molecule has 2 N–H and O–H groups in total. The molecule has 0 radical (unpaired) electrons. The van der Waals surface area contributed by atoms with Gasteiger partial charge in [0.25, 0.3) is 0 Å². The van der Waals surface area contributed by atoms with Crippen LogP contribution in [0.25, 0.3) is 0 Å². The van der Waals surface area contributed by atoms with Crippen molar-refractivity contribution in [3.05, 3.63) is 35.4 Å². The van der Waals surface area contributed by atoms with Crippen LogP contribution >= 0.6 is 0 Å². The largest absolute Gasteiger partial charge is 0.370 e. The first-order chi connectivity index (χ1) is 9.72. The number of morpholine rings is 1. The third kappa shape index (κ3) is 4.26. The minimum absolute atomic E-state index is 0.0145. The third-order valence-corrected chi connectivity index (χ3v) is 5.30. The lowest BCUT2D eigenvalue weighted by Gasteiger charge is -2.40. The highest BCUT2D eigenvalue weighted by molar-refractivity contribution is 7.88. The molecule has 0 bridgehead atoms. The van der Waals surface area contributed by atoms with Crippen molar-refractivity contribution < 1.29 is 13.2 Å². The highest BCUT2D eigenvalue weighted by Crippen LogP contribution is 2.24. The molecule has 1 aromatic carbocycles. The fourth-order valence-electron chi connectivity index (χ4n) is 2.68. The van der Waals surface area contributed by atoms with Crippen molar-refractivity contribution >= 4 is 10.0 Å². The van der Waals surface area contributed by atoms with E-state index in [1.165, 1.54) is 4.31 Å². The number of ether oxygens (including phenoxy) is 1. The van der Waals surface area contributed by atoms with E-state index in [2.05, 4.69) is 0 Å². The van der Waals surface area contributed by atoms with Crippen LogP contribution in [-0.4, -0.2) is 37.5 Å². The minimum atomic E-state index is -3.34. The van der Waals surface area contributed by atoms with Crippen LogP contribution < -0.4 is 5.73 Å². The van der Waals surface area contributed by atoms with Crippen LogP contribution in [0.5, 0.6) is 0 Å². The van der Waals surface area contributed by atoms with Crippen molar-refractivity contribution in [3.63, 3.8) is 0 Å². The quantitative estimate of drug-likeness (QED) is 0.914. The summed E-state index contributed by atoms with van der Waals surface area (Å²) < 4.78 is 32.5. The molecular weight excluding hydrogens is 288 g/mol. The van der Waals surface area contributed by atoms with Gasteiger partial charge in [0.15, 0.2) is 0 Å². The summed E-state index contributed by atoms with van der Waals surface area (Å²) in [7, 11) is -3.34. The Morgan fingerprint density at radius 3 is 2.38 bits per heavy atom. The highest BCUT2D eigenvalue weighted by atomic mass is 32.2. The summed E-state index contributed by atoms with van der Waals surface area (Å²) in [5, 5.41) is 0. The zero-order chi connectivity index (χ0) is 15.7. The van der Waals surface area contributed by atoms with Crippen molar-refractivity contribution in [2.75, 3.05) is 13.1 Å². The first-order valence-electron chi connectivity index (χ1n) is 7.15. The van der Waals surface area contributed by atoms with Gasteiger partial charge in [-0.2, -0.15) is 4.31 Å². The molecule has 5 nitrogen and oxygen atoms in total. The van der Waals surface area contributed by atoms with Crippen molar-refractivity contribution in [2.45, 2.75) is 44.8 Å². The molecule has 0 amide bonds. The van der Waals surface area contributed by atoms with Gasteiger partial charge >= 0.3 is 0 Å². The molecule has 1 aliphatic heterocycles. The monoisotopic (exact) mass is 312 g/mol. The van der Waals surface area contributed by atoms with E-state index in [1.807, 2.05) is 45.0 Å². The minimum Gasteiger partial charge on any atom is -0.370 e. The average molecular weight is 312 g/mol. The van der Waals surface area contributed by atoms with Crippen molar-refractivity contribution in [1.82, 2.24) is 4.31 Å². The van der Waals surface area contributed by atoms with Gasteiger partial charge in [0.1, 0.15) is 0 Å². The van der Waals surface area contributed by atoms with E-state index < -0.39 is 15.6 Å². The molecule has 1 heterocycles. The molecule has 1 saturated heterocycles. The van der Waals surface area contributed by atoms with E-state index >= 15 is 0 Å². The van der Waals surface area contributed by atoms with Crippen LogP contribution in [0, 0.1) is 0 Å². The summed E-state index contributed by atoms with van der Waals surface area (Å²) in [6.45, 7) is 7.00. The summed E-state index contributed by atoms with van der Waals surface area (Å²) in [5.41, 5.74) is 6.88. The Kier molecular flexibility index (Phi) is 4.72. The molecule has 1 unspecified atom stereocenters. The maximum absolute atomic E-state index is 12.6. The van der Waals surface area contributed by atoms with Crippen molar-refractivity contribution in [3.8, 4) is 0 Å². The highest BCUT2D eigenvalue weighted by Gasteiger charge is 2.37. The number of hydrogen-bond acceptors (Lipinski definition) is 4. The Morgan fingerprint density at radius 2 is 1.86 bits per heavy atom. The zero-order valence-corrected chi connectivity index (χ0v) is 13.7. The summed E-state index contributed by atoms with van der Waals surface area (Å²) >= 11 is 0.